The first-order valence-corrected chi connectivity index (χ1v) is 5.17. The van der Waals surface area contributed by atoms with E-state index in [1.54, 1.807) is 6.92 Å². The van der Waals surface area contributed by atoms with E-state index in [2.05, 4.69) is 28.6 Å². The molecule has 0 aliphatic heterocycles. The molecule has 88 valence electrons. The fraction of sp³-hybridized carbons (Fsp3) is 0.545. The molecule has 0 atom stereocenters. The molecule has 0 radical (unpaired) electrons. The highest BCUT2D eigenvalue weighted by Crippen LogP contribution is 2.15. The molecular formula is C11H17N3O2. The van der Waals surface area contributed by atoms with E-state index in [4.69, 9.17) is 5.73 Å². The average molecular weight is 223 g/mol. The van der Waals surface area contributed by atoms with Crippen molar-refractivity contribution in [3.63, 3.8) is 0 Å². The Bertz CT molecular complexity index is 379. The second-order valence-electron chi connectivity index (χ2n) is 4.08. The van der Waals surface area contributed by atoms with Crippen LogP contribution >= 0.6 is 0 Å². The number of hydrogen-bond donors (Lipinski definition) is 1. The lowest BCUT2D eigenvalue weighted by Crippen LogP contribution is -2.14. The first kappa shape index (κ1) is 12.4. The number of nitrogens with zero attached hydrogens (tertiary/aromatic N) is 2. The summed E-state index contributed by atoms with van der Waals surface area (Å²) in [6, 6.07) is 0. The standard InChI is InChI=1S/C11H17N3O2/c1-6(2)5-8-13-7(3)9(10(12)14-8)11(15)16-4/h6H,5H2,1-4H3,(H2,12,13,14). The van der Waals surface area contributed by atoms with Crippen molar-refractivity contribution in [3.05, 3.63) is 17.1 Å². The number of anilines is 1. The molecular weight excluding hydrogens is 206 g/mol. The second-order valence-corrected chi connectivity index (χ2v) is 4.08. The third kappa shape index (κ3) is 2.68. The monoisotopic (exact) mass is 223 g/mol. The number of hydrogen-bond acceptors (Lipinski definition) is 5. The smallest absolute Gasteiger partial charge is 0.343 e. The molecule has 0 bridgehead atoms. The molecule has 0 spiro atoms. The average Bonchev–Trinajstić information content (AvgIpc) is 2.15. The van der Waals surface area contributed by atoms with Gasteiger partial charge in [0.25, 0.3) is 0 Å². The first-order valence-electron chi connectivity index (χ1n) is 5.17. The quantitative estimate of drug-likeness (QED) is 0.782. The van der Waals surface area contributed by atoms with E-state index in [0.29, 0.717) is 17.4 Å². The summed E-state index contributed by atoms with van der Waals surface area (Å²) in [7, 11) is 1.31. The SMILES string of the molecule is COC(=O)c1c(C)nc(CC(C)C)nc1N. The van der Waals surface area contributed by atoms with E-state index in [1.165, 1.54) is 7.11 Å². The van der Waals surface area contributed by atoms with Gasteiger partial charge in [-0.05, 0) is 12.8 Å². The van der Waals surface area contributed by atoms with Gasteiger partial charge in [-0.25, -0.2) is 14.8 Å². The molecule has 16 heavy (non-hydrogen) atoms. The van der Waals surface area contributed by atoms with Gasteiger partial charge in [0.2, 0.25) is 0 Å². The van der Waals surface area contributed by atoms with Crippen molar-refractivity contribution in [2.45, 2.75) is 27.2 Å². The second kappa shape index (κ2) is 4.92. The van der Waals surface area contributed by atoms with Gasteiger partial charge in [-0.1, -0.05) is 13.8 Å². The molecule has 0 aliphatic rings. The summed E-state index contributed by atoms with van der Waals surface area (Å²) in [4.78, 5) is 19.8. The number of nitrogens with two attached hydrogens (primary N) is 1. The summed E-state index contributed by atoms with van der Waals surface area (Å²) >= 11 is 0. The lowest BCUT2D eigenvalue weighted by Gasteiger charge is -2.09. The van der Waals surface area contributed by atoms with Crippen molar-refractivity contribution >= 4 is 11.8 Å². The molecule has 0 amide bonds. The fourth-order valence-corrected chi connectivity index (χ4v) is 1.47. The first-order chi connectivity index (χ1) is 7.45. The highest BCUT2D eigenvalue weighted by Gasteiger charge is 2.17. The van der Waals surface area contributed by atoms with Crippen molar-refractivity contribution in [1.29, 1.82) is 0 Å². The van der Waals surface area contributed by atoms with Crippen LogP contribution in [-0.2, 0) is 11.2 Å². The molecule has 1 heterocycles. The minimum absolute atomic E-state index is 0.190. The minimum Gasteiger partial charge on any atom is -0.465 e. The van der Waals surface area contributed by atoms with E-state index in [-0.39, 0.29) is 11.4 Å². The Morgan fingerprint density at radius 3 is 2.50 bits per heavy atom. The summed E-state index contributed by atoms with van der Waals surface area (Å²) in [5, 5.41) is 0. The lowest BCUT2D eigenvalue weighted by atomic mass is 10.1. The van der Waals surface area contributed by atoms with E-state index in [9.17, 15) is 4.79 Å². The maximum atomic E-state index is 11.4. The van der Waals surface area contributed by atoms with E-state index in [0.717, 1.165) is 6.42 Å². The fourth-order valence-electron chi connectivity index (χ4n) is 1.47. The summed E-state index contributed by atoms with van der Waals surface area (Å²) < 4.78 is 4.62. The van der Waals surface area contributed by atoms with Crippen LogP contribution in [0.5, 0.6) is 0 Å². The molecule has 0 fully saturated rings. The Balaban J connectivity index is 3.12. The molecule has 0 aromatic carbocycles. The summed E-state index contributed by atoms with van der Waals surface area (Å²) in [6.45, 7) is 5.88. The molecule has 5 nitrogen and oxygen atoms in total. The largest absolute Gasteiger partial charge is 0.465 e. The highest BCUT2D eigenvalue weighted by atomic mass is 16.5. The molecule has 0 unspecified atom stereocenters. The number of methoxy groups -OCH3 is 1. The maximum Gasteiger partial charge on any atom is 0.343 e. The number of carbonyl (C=O) groups is 1. The van der Waals surface area contributed by atoms with Gasteiger partial charge in [0, 0.05) is 6.42 Å². The third-order valence-corrected chi connectivity index (χ3v) is 2.14. The van der Waals surface area contributed by atoms with Crippen LogP contribution in [0.4, 0.5) is 5.82 Å². The molecule has 0 saturated heterocycles. The number of rotatable bonds is 3. The highest BCUT2D eigenvalue weighted by molar-refractivity contribution is 5.95. The number of aromatic nitrogens is 2. The molecule has 5 heteroatoms. The zero-order chi connectivity index (χ0) is 12.3. The van der Waals surface area contributed by atoms with Gasteiger partial charge in [-0.3, -0.25) is 0 Å². The lowest BCUT2D eigenvalue weighted by molar-refractivity contribution is 0.0600. The van der Waals surface area contributed by atoms with Crippen LogP contribution < -0.4 is 5.73 Å². The number of carbonyl (C=O) groups excluding carboxylic acids is 1. The van der Waals surface area contributed by atoms with Crippen LogP contribution in [0.3, 0.4) is 0 Å². The Morgan fingerprint density at radius 1 is 1.44 bits per heavy atom. The number of nitrogen functional groups attached to an aromatic ring is 1. The van der Waals surface area contributed by atoms with Gasteiger partial charge in [-0.15, -0.1) is 0 Å². The van der Waals surface area contributed by atoms with Gasteiger partial charge in [0.15, 0.2) is 0 Å². The van der Waals surface area contributed by atoms with Crippen LogP contribution in [0.25, 0.3) is 0 Å². The molecule has 0 aliphatic carbocycles. The van der Waals surface area contributed by atoms with Gasteiger partial charge in [0.05, 0.1) is 12.8 Å². The number of aryl methyl sites for hydroxylation is 1. The van der Waals surface area contributed by atoms with Gasteiger partial charge in [0.1, 0.15) is 17.2 Å². The molecule has 1 aromatic heterocycles. The summed E-state index contributed by atoms with van der Waals surface area (Å²) in [5.41, 5.74) is 6.55. The third-order valence-electron chi connectivity index (χ3n) is 2.14. The molecule has 1 rings (SSSR count). The van der Waals surface area contributed by atoms with Crippen LogP contribution in [-0.4, -0.2) is 23.0 Å². The Labute approximate surface area is 95.0 Å². The van der Waals surface area contributed by atoms with E-state index >= 15 is 0 Å². The van der Waals surface area contributed by atoms with Crippen molar-refractivity contribution in [3.8, 4) is 0 Å². The Kier molecular flexibility index (Phi) is 3.82. The summed E-state index contributed by atoms with van der Waals surface area (Å²) in [6.07, 6.45) is 0.743. The van der Waals surface area contributed by atoms with Gasteiger partial charge >= 0.3 is 5.97 Å². The zero-order valence-corrected chi connectivity index (χ0v) is 10.1. The molecule has 0 saturated carbocycles. The normalized spacial score (nSPS) is 10.6. The Hall–Kier alpha value is -1.65. The van der Waals surface area contributed by atoms with Crippen LogP contribution in [0, 0.1) is 12.8 Å². The van der Waals surface area contributed by atoms with Gasteiger partial charge in [-0.2, -0.15) is 0 Å². The van der Waals surface area contributed by atoms with Crippen LogP contribution in [0.15, 0.2) is 0 Å². The van der Waals surface area contributed by atoms with Crippen molar-refractivity contribution < 1.29 is 9.53 Å². The predicted molar refractivity (Wildman–Crippen MR) is 61.1 cm³/mol. The number of esters is 1. The van der Waals surface area contributed by atoms with E-state index < -0.39 is 5.97 Å². The Morgan fingerprint density at radius 2 is 2.06 bits per heavy atom. The van der Waals surface area contributed by atoms with E-state index in [1.807, 2.05) is 0 Å². The van der Waals surface area contributed by atoms with Crippen LogP contribution in [0.1, 0.15) is 35.7 Å². The molecule has 1 aromatic rings. The predicted octanol–water partition coefficient (Wildman–Crippen LogP) is 1.35. The van der Waals surface area contributed by atoms with Gasteiger partial charge < -0.3 is 10.5 Å². The van der Waals surface area contributed by atoms with Crippen molar-refractivity contribution in [2.24, 2.45) is 5.92 Å². The van der Waals surface area contributed by atoms with Crippen LogP contribution in [0.2, 0.25) is 0 Å². The summed E-state index contributed by atoms with van der Waals surface area (Å²) in [5.74, 6) is 0.807. The van der Waals surface area contributed by atoms with Crippen molar-refractivity contribution in [2.75, 3.05) is 12.8 Å². The van der Waals surface area contributed by atoms with Crippen molar-refractivity contribution in [1.82, 2.24) is 9.97 Å². The maximum absolute atomic E-state index is 11.4. The molecule has 2 N–H and O–H groups in total. The minimum atomic E-state index is -0.494. The zero-order valence-electron chi connectivity index (χ0n) is 10.1. The topological polar surface area (TPSA) is 78.1 Å². The number of ether oxygens (including phenoxy) is 1.